The van der Waals surface area contributed by atoms with E-state index in [1.165, 1.54) is 23.9 Å². The van der Waals surface area contributed by atoms with Crippen molar-refractivity contribution in [3.8, 4) is 0 Å². The Morgan fingerprint density at radius 1 is 1.40 bits per heavy atom. The summed E-state index contributed by atoms with van der Waals surface area (Å²) in [5.74, 6) is 0. The lowest BCUT2D eigenvalue weighted by atomic mass is 10.3. The Balaban J connectivity index is 1.65. The summed E-state index contributed by atoms with van der Waals surface area (Å²) in [5, 5.41) is 0. The highest BCUT2D eigenvalue weighted by atomic mass is 16.5. The quantitative estimate of drug-likeness (QED) is 0.406. The van der Waals surface area contributed by atoms with Crippen LogP contribution in [0.15, 0.2) is 0 Å². The first-order valence-corrected chi connectivity index (χ1v) is 4.27. The van der Waals surface area contributed by atoms with Crippen LogP contribution in [0.3, 0.4) is 0 Å². The standard InChI is InChI=1S/C8H14NO/c1-10-5-4-9-6-2-3-7(9)8(6)9/h6-8H,2-5H2,1H3/q+1. The van der Waals surface area contributed by atoms with Crippen LogP contribution in [0, 0.1) is 0 Å². The molecular formula is C8H14NO+. The first kappa shape index (κ1) is 5.56. The Morgan fingerprint density at radius 3 is 2.60 bits per heavy atom. The second-order valence-electron chi connectivity index (χ2n) is 3.91. The van der Waals surface area contributed by atoms with E-state index in [0.29, 0.717) is 0 Å². The van der Waals surface area contributed by atoms with Gasteiger partial charge in [0.25, 0.3) is 0 Å². The van der Waals surface area contributed by atoms with Gasteiger partial charge in [-0.3, -0.25) is 4.48 Å². The molecule has 2 heteroatoms. The number of quaternary nitrogens is 1. The average Bonchev–Trinajstić information content (AvgIpc) is 2.56. The van der Waals surface area contributed by atoms with Gasteiger partial charge in [0.2, 0.25) is 0 Å². The Bertz CT molecular complexity index is 159. The van der Waals surface area contributed by atoms with Gasteiger partial charge in [0.05, 0.1) is 6.61 Å². The van der Waals surface area contributed by atoms with Gasteiger partial charge in [-0.2, -0.15) is 0 Å². The number of hydrogen-bond donors (Lipinski definition) is 0. The summed E-state index contributed by atoms with van der Waals surface area (Å²) in [5.41, 5.74) is 0. The lowest BCUT2D eigenvalue weighted by Crippen LogP contribution is -2.25. The van der Waals surface area contributed by atoms with Crippen LogP contribution >= 0.6 is 0 Å². The molecule has 4 rings (SSSR count). The largest absolute Gasteiger partial charge is 0.379 e. The zero-order valence-corrected chi connectivity index (χ0v) is 6.42. The maximum Gasteiger partial charge on any atom is 0.194 e. The SMILES string of the molecule is COCC[N+]12C3CCC1C32. The van der Waals surface area contributed by atoms with E-state index in [2.05, 4.69) is 0 Å². The zero-order chi connectivity index (χ0) is 6.77. The molecule has 3 saturated heterocycles. The summed E-state index contributed by atoms with van der Waals surface area (Å²) in [6.45, 7) is 2.28. The van der Waals surface area contributed by atoms with Crippen molar-refractivity contribution >= 4 is 0 Å². The summed E-state index contributed by atoms with van der Waals surface area (Å²) >= 11 is 0. The predicted octanol–water partition coefficient (Wildman–Crippen LogP) is 0.376. The Labute approximate surface area is 61.4 Å². The highest BCUT2D eigenvalue weighted by Crippen LogP contribution is 2.70. The lowest BCUT2D eigenvalue weighted by molar-refractivity contribution is -0.730. The summed E-state index contributed by atoms with van der Waals surface area (Å²) in [6, 6.07) is 3.32. The van der Waals surface area contributed by atoms with E-state index in [4.69, 9.17) is 4.74 Å². The van der Waals surface area contributed by atoms with Crippen molar-refractivity contribution in [3.05, 3.63) is 0 Å². The molecule has 56 valence electrons. The van der Waals surface area contributed by atoms with Gasteiger partial charge in [-0.1, -0.05) is 0 Å². The van der Waals surface area contributed by atoms with Crippen molar-refractivity contribution in [3.63, 3.8) is 0 Å². The maximum atomic E-state index is 5.09. The minimum Gasteiger partial charge on any atom is -0.379 e. The fourth-order valence-electron chi connectivity index (χ4n) is 3.30. The van der Waals surface area contributed by atoms with Crippen molar-refractivity contribution in [1.82, 2.24) is 0 Å². The molecule has 4 aliphatic rings. The number of rotatable bonds is 3. The minimum absolute atomic E-state index is 0.976. The van der Waals surface area contributed by atoms with E-state index in [9.17, 15) is 0 Å². The minimum atomic E-state index is 0.976. The smallest absolute Gasteiger partial charge is 0.194 e. The van der Waals surface area contributed by atoms with Crippen LogP contribution < -0.4 is 0 Å². The van der Waals surface area contributed by atoms with Gasteiger partial charge < -0.3 is 4.74 Å². The molecule has 2 atom stereocenters. The van der Waals surface area contributed by atoms with E-state index >= 15 is 0 Å². The molecule has 2 bridgehead atoms. The summed E-state index contributed by atoms with van der Waals surface area (Å²) < 4.78 is 6.57. The van der Waals surface area contributed by atoms with E-state index < -0.39 is 0 Å². The molecule has 0 amide bonds. The molecule has 0 spiro atoms. The van der Waals surface area contributed by atoms with Crippen molar-refractivity contribution < 1.29 is 9.22 Å². The Morgan fingerprint density at radius 2 is 2.10 bits per heavy atom. The van der Waals surface area contributed by atoms with Gasteiger partial charge in [-0.25, -0.2) is 0 Å². The average molecular weight is 140 g/mol. The monoisotopic (exact) mass is 140 g/mol. The topological polar surface area (TPSA) is 9.23 Å². The van der Waals surface area contributed by atoms with Crippen LogP contribution in [0.2, 0.25) is 0 Å². The highest BCUT2D eigenvalue weighted by Gasteiger charge is 2.93. The van der Waals surface area contributed by atoms with Crippen LogP contribution in [-0.4, -0.2) is 42.9 Å². The van der Waals surface area contributed by atoms with Gasteiger partial charge in [-0.15, -0.1) is 0 Å². The molecule has 0 aromatic carbocycles. The van der Waals surface area contributed by atoms with Crippen LogP contribution in [0.25, 0.3) is 0 Å². The van der Waals surface area contributed by atoms with Gasteiger partial charge in [0.1, 0.15) is 18.6 Å². The molecule has 0 aromatic heterocycles. The van der Waals surface area contributed by atoms with Crippen molar-refractivity contribution in [1.29, 1.82) is 0 Å². The van der Waals surface area contributed by atoms with E-state index in [1.54, 1.807) is 0 Å². The van der Waals surface area contributed by atoms with Crippen LogP contribution in [0.1, 0.15) is 12.8 Å². The summed E-state index contributed by atoms with van der Waals surface area (Å²) in [6.07, 6.45) is 3.03. The molecule has 3 heterocycles. The summed E-state index contributed by atoms with van der Waals surface area (Å²) in [7, 11) is 1.81. The van der Waals surface area contributed by atoms with Gasteiger partial charge in [0, 0.05) is 20.0 Å². The molecule has 4 fully saturated rings. The van der Waals surface area contributed by atoms with E-state index in [1.807, 2.05) is 7.11 Å². The Hall–Kier alpha value is -0.0800. The molecular weight excluding hydrogens is 126 g/mol. The third kappa shape index (κ3) is 0.372. The lowest BCUT2D eigenvalue weighted by Gasteiger charge is -2.06. The predicted molar refractivity (Wildman–Crippen MR) is 37.6 cm³/mol. The second kappa shape index (κ2) is 1.41. The first-order valence-electron chi connectivity index (χ1n) is 4.27. The van der Waals surface area contributed by atoms with Crippen LogP contribution in [-0.2, 0) is 4.74 Å². The second-order valence-corrected chi connectivity index (χ2v) is 3.91. The number of piperidine rings is 1. The van der Waals surface area contributed by atoms with Crippen molar-refractivity contribution in [2.24, 2.45) is 0 Å². The third-order valence-electron chi connectivity index (χ3n) is 3.84. The van der Waals surface area contributed by atoms with Gasteiger partial charge in [0.15, 0.2) is 6.04 Å². The fraction of sp³-hybridized carbons (Fsp3) is 1.00. The first-order chi connectivity index (χ1) is 4.91. The number of fused-ring (bicyclic) bond motifs is 1. The molecule has 0 radical (unpaired) electrons. The number of methoxy groups -OCH3 is 1. The zero-order valence-electron chi connectivity index (χ0n) is 6.42. The van der Waals surface area contributed by atoms with Crippen molar-refractivity contribution in [2.75, 3.05) is 20.3 Å². The highest BCUT2D eigenvalue weighted by molar-refractivity contribution is 5.16. The molecule has 3 aliphatic heterocycles. The summed E-state index contributed by atoms with van der Waals surface area (Å²) in [4.78, 5) is 0. The molecule has 0 aromatic rings. The molecule has 2 nitrogen and oxygen atoms in total. The fourth-order valence-corrected chi connectivity index (χ4v) is 3.30. The molecule has 1 saturated carbocycles. The molecule has 10 heavy (non-hydrogen) atoms. The van der Waals surface area contributed by atoms with Gasteiger partial charge in [-0.05, 0) is 0 Å². The van der Waals surface area contributed by atoms with E-state index in [0.717, 1.165) is 24.7 Å². The third-order valence-corrected chi connectivity index (χ3v) is 3.84. The number of nitrogens with zero attached hydrogens (tertiary/aromatic N) is 1. The number of ether oxygens (including phenoxy) is 1. The van der Waals surface area contributed by atoms with E-state index in [-0.39, 0.29) is 0 Å². The maximum absolute atomic E-state index is 5.09. The van der Waals surface area contributed by atoms with Crippen LogP contribution in [0.5, 0.6) is 0 Å². The Kier molecular flexibility index (Phi) is 0.783. The molecule has 2 unspecified atom stereocenters. The number of hydrogen-bond acceptors (Lipinski definition) is 1. The molecule has 0 N–H and O–H groups in total. The molecule has 1 aliphatic carbocycles. The van der Waals surface area contributed by atoms with Crippen molar-refractivity contribution in [2.45, 2.75) is 31.0 Å². The normalized spacial score (nSPS) is 60.3. The van der Waals surface area contributed by atoms with Crippen LogP contribution in [0.4, 0.5) is 0 Å². The van der Waals surface area contributed by atoms with Gasteiger partial charge >= 0.3 is 0 Å².